The van der Waals surface area contributed by atoms with Crippen molar-refractivity contribution in [1.29, 1.82) is 0 Å². The normalized spacial score (nSPS) is 30.0. The van der Waals surface area contributed by atoms with Gasteiger partial charge in [-0.2, -0.15) is 0 Å². The van der Waals surface area contributed by atoms with Crippen molar-refractivity contribution in [3.05, 3.63) is 83.1 Å². The Morgan fingerprint density at radius 3 is 2.15 bits per heavy atom. The van der Waals surface area contributed by atoms with Gasteiger partial charge in [-0.1, -0.05) is 18.2 Å². The first-order valence-corrected chi connectivity index (χ1v) is 15.9. The van der Waals surface area contributed by atoms with Crippen molar-refractivity contribution in [2.45, 2.75) is 61.4 Å². The number of ether oxygens (including phenoxy) is 6. The van der Waals surface area contributed by atoms with Crippen molar-refractivity contribution >= 4 is 18.1 Å². The van der Waals surface area contributed by atoms with Crippen molar-refractivity contribution in [3.8, 4) is 34.5 Å². The van der Waals surface area contributed by atoms with Gasteiger partial charge in [0, 0.05) is 23.8 Å². The fourth-order valence-corrected chi connectivity index (χ4v) is 5.79. The largest absolute Gasteiger partial charge is 0.508 e. The molecule has 17 heteroatoms. The Balaban J connectivity index is 1.30. The predicted octanol–water partition coefficient (Wildman–Crippen LogP) is 0.233. The van der Waals surface area contributed by atoms with Gasteiger partial charge in [-0.05, 0) is 42.0 Å². The molecular formula is C35H36O17. The summed E-state index contributed by atoms with van der Waals surface area (Å²) in [6.07, 6.45) is -12.3. The number of aliphatic hydroxyl groups excluding tert-OH is 5. The van der Waals surface area contributed by atoms with Gasteiger partial charge in [0.05, 0.1) is 12.2 Å². The van der Waals surface area contributed by atoms with Crippen LogP contribution in [0.15, 0.2) is 66.4 Å². The number of fused-ring (bicyclic) bond motifs is 1. The van der Waals surface area contributed by atoms with E-state index < -0.39 is 97.8 Å². The number of hydrogen-bond donors (Lipinski definition) is 10. The van der Waals surface area contributed by atoms with Gasteiger partial charge in [0.15, 0.2) is 30.0 Å². The molecule has 3 heterocycles. The number of esters is 1. The lowest BCUT2D eigenvalue weighted by molar-refractivity contribution is -0.332. The predicted molar refractivity (Wildman–Crippen MR) is 173 cm³/mol. The number of carbonyl (C=O) groups excluding carboxylic acids is 1. The molecule has 0 aromatic heterocycles. The Kier molecular flexibility index (Phi) is 10.7. The second kappa shape index (κ2) is 15.2. The summed E-state index contributed by atoms with van der Waals surface area (Å²) in [7, 11) is 0. The molecule has 2 fully saturated rings. The molecule has 3 aromatic carbocycles. The highest BCUT2D eigenvalue weighted by atomic mass is 16.8. The first-order valence-electron chi connectivity index (χ1n) is 15.9. The van der Waals surface area contributed by atoms with E-state index in [1.165, 1.54) is 42.5 Å². The van der Waals surface area contributed by atoms with Gasteiger partial charge in [0.25, 0.3) is 0 Å². The minimum atomic E-state index is -1.89. The van der Waals surface area contributed by atoms with Crippen molar-refractivity contribution in [3.63, 3.8) is 0 Å². The molecule has 10 N–H and O–H groups in total. The lowest BCUT2D eigenvalue weighted by Crippen LogP contribution is -2.61. The van der Waals surface area contributed by atoms with Crippen LogP contribution < -0.4 is 4.74 Å². The van der Waals surface area contributed by atoms with Crippen LogP contribution in [-0.2, 0) is 28.5 Å². The smallest absolute Gasteiger partial charge is 0.330 e. The number of hydrogen-bond acceptors (Lipinski definition) is 17. The number of aromatic hydroxyl groups is 5. The van der Waals surface area contributed by atoms with E-state index in [-0.39, 0.29) is 34.1 Å². The molecule has 10 unspecified atom stereocenters. The Morgan fingerprint density at radius 2 is 1.46 bits per heavy atom. The van der Waals surface area contributed by atoms with E-state index >= 15 is 0 Å². The molecule has 2 saturated heterocycles. The van der Waals surface area contributed by atoms with E-state index in [0.717, 1.165) is 18.2 Å². The zero-order chi connectivity index (χ0) is 37.3. The molecule has 3 aliphatic heterocycles. The highest BCUT2D eigenvalue weighted by Gasteiger charge is 2.52. The van der Waals surface area contributed by atoms with E-state index in [0.29, 0.717) is 5.56 Å². The van der Waals surface area contributed by atoms with Gasteiger partial charge in [0.1, 0.15) is 72.0 Å². The number of phenolic OH excluding ortho intramolecular Hbond substituents is 5. The van der Waals surface area contributed by atoms with Gasteiger partial charge >= 0.3 is 5.97 Å². The number of carbonyl (C=O) groups is 1. The van der Waals surface area contributed by atoms with Crippen LogP contribution >= 0.6 is 0 Å². The zero-order valence-electron chi connectivity index (χ0n) is 26.9. The number of rotatable bonds is 10. The van der Waals surface area contributed by atoms with Crippen LogP contribution in [0.1, 0.15) is 22.8 Å². The first-order chi connectivity index (χ1) is 24.8. The maximum absolute atomic E-state index is 12.5. The van der Waals surface area contributed by atoms with Crippen LogP contribution in [0.4, 0.5) is 0 Å². The van der Waals surface area contributed by atoms with Crippen molar-refractivity contribution in [1.82, 2.24) is 0 Å². The number of aliphatic hydroxyl groups is 5. The number of phenols is 5. The molecular weight excluding hydrogens is 692 g/mol. The molecule has 278 valence electrons. The van der Waals surface area contributed by atoms with Crippen LogP contribution in [0.5, 0.6) is 34.5 Å². The van der Waals surface area contributed by atoms with Crippen molar-refractivity contribution < 1.29 is 84.3 Å². The van der Waals surface area contributed by atoms with E-state index in [1.807, 2.05) is 0 Å². The fourth-order valence-electron chi connectivity index (χ4n) is 5.79. The summed E-state index contributed by atoms with van der Waals surface area (Å²) in [6, 6.07) is 11.9. The Morgan fingerprint density at radius 1 is 0.750 bits per heavy atom. The first kappa shape index (κ1) is 36.7. The summed E-state index contributed by atoms with van der Waals surface area (Å²) in [5.74, 6) is -2.72. The molecule has 0 spiro atoms. The van der Waals surface area contributed by atoms with Crippen LogP contribution in [0.2, 0.25) is 0 Å². The second-order valence-corrected chi connectivity index (χ2v) is 12.2. The van der Waals surface area contributed by atoms with Crippen LogP contribution in [0, 0.1) is 0 Å². The Hall–Kier alpha value is -5.11. The third-order valence-corrected chi connectivity index (χ3v) is 8.58. The average molecular weight is 729 g/mol. The molecule has 17 nitrogen and oxygen atoms in total. The topological polar surface area (TPSA) is 275 Å². The third-order valence-electron chi connectivity index (χ3n) is 8.58. The minimum absolute atomic E-state index is 0.00751. The van der Waals surface area contributed by atoms with Gasteiger partial charge in [-0.25, -0.2) is 4.79 Å². The molecule has 52 heavy (non-hydrogen) atoms. The zero-order valence-corrected chi connectivity index (χ0v) is 26.9. The lowest BCUT2D eigenvalue weighted by Gasteiger charge is -2.43. The van der Waals surface area contributed by atoms with Crippen molar-refractivity contribution in [2.24, 2.45) is 0 Å². The van der Waals surface area contributed by atoms with Gasteiger partial charge in [-0.15, -0.1) is 0 Å². The molecule has 0 radical (unpaired) electrons. The van der Waals surface area contributed by atoms with E-state index in [4.69, 9.17) is 28.4 Å². The summed E-state index contributed by atoms with van der Waals surface area (Å²) in [4.78, 5) is 12.5. The molecule has 6 rings (SSSR count). The highest BCUT2D eigenvalue weighted by Crippen LogP contribution is 2.45. The lowest BCUT2D eigenvalue weighted by atomic mass is 9.98. The summed E-state index contributed by atoms with van der Waals surface area (Å²) in [5, 5.41) is 103. The van der Waals surface area contributed by atoms with Gasteiger partial charge in [0.2, 0.25) is 6.29 Å². The van der Waals surface area contributed by atoms with E-state index in [1.54, 1.807) is 12.1 Å². The maximum atomic E-state index is 12.5. The summed E-state index contributed by atoms with van der Waals surface area (Å²) in [5.41, 5.74) is 0.799. The van der Waals surface area contributed by atoms with E-state index in [2.05, 4.69) is 0 Å². The molecule has 0 aliphatic carbocycles. The SMILES string of the molecule is O=C(C=Cc1ccc(O)cc1)OCC1OC(OC2=Cc3c(O)cc(O)cc3OC2c2ccc(O)c(O)c2)C(OC2OC(CO)C(O)C2O)C(O)C1O. The van der Waals surface area contributed by atoms with Crippen LogP contribution in [0.3, 0.4) is 0 Å². The quantitative estimate of drug-likeness (QED) is 0.0760. The summed E-state index contributed by atoms with van der Waals surface area (Å²) < 4.78 is 34.7. The van der Waals surface area contributed by atoms with E-state index in [9.17, 15) is 55.9 Å². The summed E-state index contributed by atoms with van der Waals surface area (Å²) in [6.45, 7) is -1.31. The molecule has 3 aliphatic rings. The minimum Gasteiger partial charge on any atom is -0.508 e. The summed E-state index contributed by atoms with van der Waals surface area (Å²) >= 11 is 0. The van der Waals surface area contributed by atoms with Crippen LogP contribution in [0.25, 0.3) is 12.2 Å². The molecule has 0 saturated carbocycles. The molecule has 10 atom stereocenters. The Labute approximate surface area is 294 Å². The number of benzene rings is 3. The maximum Gasteiger partial charge on any atom is 0.330 e. The third kappa shape index (κ3) is 7.71. The average Bonchev–Trinajstić information content (AvgIpc) is 3.39. The van der Waals surface area contributed by atoms with Crippen LogP contribution in [-0.4, -0.2) is 126 Å². The second-order valence-electron chi connectivity index (χ2n) is 12.2. The monoisotopic (exact) mass is 728 g/mol. The molecule has 0 amide bonds. The standard InChI is InChI=1S/C35H36O17/c36-13-25-28(43)31(46)34(50-25)52-33-30(45)29(44)26(14-47-27(42)8-3-15-1-5-17(37)6-2-15)51-35(33)49-24-12-19-21(40)10-18(38)11-23(19)48-32(24)16-4-7-20(39)22(41)9-16/h1-12,25-26,28-41,43-46H,13-14H2. The Bertz CT molecular complexity index is 1810. The van der Waals surface area contributed by atoms with Gasteiger partial charge in [-0.3, -0.25) is 0 Å². The van der Waals surface area contributed by atoms with Crippen molar-refractivity contribution in [2.75, 3.05) is 13.2 Å². The van der Waals surface area contributed by atoms with Gasteiger partial charge < -0.3 is 79.5 Å². The molecule has 0 bridgehead atoms. The molecule has 3 aromatic rings. The highest BCUT2D eigenvalue weighted by molar-refractivity contribution is 5.87. The fraction of sp³-hybridized carbons (Fsp3) is 0.343.